The molecule has 0 aliphatic heterocycles. The number of rotatable bonds is 6. The number of hydrogen-bond acceptors (Lipinski definition) is 3. The highest BCUT2D eigenvalue weighted by atomic mass is 35.5. The number of carbonyl (C=O) groups is 1. The number of nitrogens with two attached hydrogens (primary N) is 1. The van der Waals surface area contributed by atoms with E-state index in [0.717, 1.165) is 25.7 Å². The SMILES string of the molecule is COCC(N)C(=O)N(C1CC1)C1CC(c2ccccc2C)C1.Cl. The summed E-state index contributed by atoms with van der Waals surface area (Å²) in [6, 6.07) is 8.82. The number of benzene rings is 1. The predicted molar refractivity (Wildman–Crippen MR) is 93.9 cm³/mol. The minimum Gasteiger partial charge on any atom is -0.383 e. The van der Waals surface area contributed by atoms with Crippen LogP contribution in [0.15, 0.2) is 24.3 Å². The number of methoxy groups -OCH3 is 1. The van der Waals surface area contributed by atoms with Crippen LogP contribution in [0.4, 0.5) is 0 Å². The van der Waals surface area contributed by atoms with E-state index >= 15 is 0 Å². The lowest BCUT2D eigenvalue weighted by Crippen LogP contribution is -2.54. The summed E-state index contributed by atoms with van der Waals surface area (Å²) < 4.78 is 5.04. The molecule has 0 saturated heterocycles. The fraction of sp³-hybridized carbons (Fsp3) is 0.611. The molecule has 0 aromatic heterocycles. The van der Waals surface area contributed by atoms with Crippen LogP contribution in [0.2, 0.25) is 0 Å². The maximum Gasteiger partial charge on any atom is 0.242 e. The van der Waals surface area contributed by atoms with Crippen LogP contribution >= 0.6 is 12.4 Å². The van der Waals surface area contributed by atoms with E-state index in [0.29, 0.717) is 24.6 Å². The van der Waals surface area contributed by atoms with E-state index in [1.54, 1.807) is 7.11 Å². The van der Waals surface area contributed by atoms with Crippen molar-refractivity contribution in [2.75, 3.05) is 13.7 Å². The lowest BCUT2D eigenvalue weighted by atomic mass is 9.73. The van der Waals surface area contributed by atoms with Crippen LogP contribution in [0.25, 0.3) is 0 Å². The highest BCUT2D eigenvalue weighted by Gasteiger charge is 2.44. The Morgan fingerprint density at radius 1 is 1.30 bits per heavy atom. The number of amides is 1. The van der Waals surface area contributed by atoms with E-state index < -0.39 is 6.04 Å². The Kier molecular flexibility index (Phi) is 6.06. The number of hydrogen-bond donors (Lipinski definition) is 1. The molecule has 2 N–H and O–H groups in total. The average Bonchev–Trinajstić information content (AvgIpc) is 3.27. The molecule has 1 atom stereocenters. The highest BCUT2D eigenvalue weighted by Crippen LogP contribution is 2.44. The average molecular weight is 339 g/mol. The number of nitrogens with zero attached hydrogens (tertiary/aromatic N) is 1. The Bertz CT molecular complexity index is 542. The van der Waals surface area contributed by atoms with Gasteiger partial charge in [0.1, 0.15) is 6.04 Å². The summed E-state index contributed by atoms with van der Waals surface area (Å²) in [6.07, 6.45) is 4.37. The number of carbonyl (C=O) groups excluding carboxylic acids is 1. The van der Waals surface area contributed by atoms with Crippen molar-refractivity contribution >= 4 is 18.3 Å². The zero-order valence-corrected chi connectivity index (χ0v) is 14.7. The van der Waals surface area contributed by atoms with Gasteiger partial charge >= 0.3 is 0 Å². The van der Waals surface area contributed by atoms with Gasteiger partial charge in [0, 0.05) is 19.2 Å². The van der Waals surface area contributed by atoms with Gasteiger partial charge in [-0.15, -0.1) is 12.4 Å². The summed E-state index contributed by atoms with van der Waals surface area (Å²) in [5.41, 5.74) is 8.75. The molecule has 1 unspecified atom stereocenters. The van der Waals surface area contributed by atoms with Gasteiger partial charge in [-0.3, -0.25) is 4.79 Å². The molecule has 5 heteroatoms. The van der Waals surface area contributed by atoms with Crippen LogP contribution < -0.4 is 5.73 Å². The first-order valence-corrected chi connectivity index (χ1v) is 8.24. The molecule has 23 heavy (non-hydrogen) atoms. The van der Waals surface area contributed by atoms with Gasteiger partial charge in [-0.1, -0.05) is 24.3 Å². The van der Waals surface area contributed by atoms with Gasteiger partial charge in [-0.2, -0.15) is 0 Å². The van der Waals surface area contributed by atoms with Crippen LogP contribution in [-0.2, 0) is 9.53 Å². The summed E-state index contributed by atoms with van der Waals surface area (Å²) in [5.74, 6) is 0.650. The van der Waals surface area contributed by atoms with Gasteiger partial charge in [0.05, 0.1) is 6.61 Å². The minimum atomic E-state index is -0.525. The summed E-state index contributed by atoms with van der Waals surface area (Å²) in [7, 11) is 1.59. The van der Waals surface area contributed by atoms with Crippen LogP contribution in [0.5, 0.6) is 0 Å². The second-order valence-electron chi connectivity index (χ2n) is 6.72. The third kappa shape index (κ3) is 3.87. The summed E-state index contributed by atoms with van der Waals surface area (Å²) in [4.78, 5) is 14.6. The molecular formula is C18H27ClN2O2. The second kappa shape index (κ2) is 7.65. The first-order valence-electron chi connectivity index (χ1n) is 8.24. The zero-order chi connectivity index (χ0) is 15.7. The molecule has 2 saturated carbocycles. The van der Waals surface area contributed by atoms with Crippen molar-refractivity contribution in [3.8, 4) is 0 Å². The Hall–Kier alpha value is -1.10. The molecule has 1 amide bonds. The quantitative estimate of drug-likeness (QED) is 0.867. The van der Waals surface area contributed by atoms with E-state index in [1.165, 1.54) is 11.1 Å². The molecule has 1 aromatic carbocycles. The van der Waals surface area contributed by atoms with Gasteiger partial charge in [-0.05, 0) is 49.7 Å². The summed E-state index contributed by atoms with van der Waals surface area (Å²) >= 11 is 0. The largest absolute Gasteiger partial charge is 0.383 e. The minimum absolute atomic E-state index is 0. The monoisotopic (exact) mass is 338 g/mol. The van der Waals surface area contributed by atoms with Crippen LogP contribution in [0.3, 0.4) is 0 Å². The van der Waals surface area contributed by atoms with Crippen LogP contribution in [0.1, 0.15) is 42.7 Å². The second-order valence-corrected chi connectivity index (χ2v) is 6.72. The third-order valence-corrected chi connectivity index (χ3v) is 4.99. The van der Waals surface area contributed by atoms with Crippen molar-refractivity contribution in [2.24, 2.45) is 5.73 Å². The normalized spacial score (nSPS) is 24.3. The molecule has 1 aromatic rings. The first-order chi connectivity index (χ1) is 10.6. The smallest absolute Gasteiger partial charge is 0.242 e. The molecule has 0 bridgehead atoms. The standard InChI is InChI=1S/C18H26N2O2.ClH/c1-12-5-3-4-6-16(12)13-9-15(10-13)20(14-7-8-14)18(21)17(19)11-22-2;/h3-6,13-15,17H,7-11,19H2,1-2H3;1H. The maximum atomic E-state index is 12.6. The Labute approximate surface area is 144 Å². The lowest BCUT2D eigenvalue weighted by Gasteiger charge is -2.44. The predicted octanol–water partition coefficient (Wildman–Crippen LogP) is 2.63. The molecule has 2 aliphatic carbocycles. The molecule has 128 valence electrons. The topological polar surface area (TPSA) is 55.6 Å². The van der Waals surface area contributed by atoms with Crippen molar-refractivity contribution < 1.29 is 9.53 Å². The van der Waals surface area contributed by atoms with Gasteiger partial charge in [0.15, 0.2) is 0 Å². The van der Waals surface area contributed by atoms with E-state index in [4.69, 9.17) is 10.5 Å². The van der Waals surface area contributed by atoms with Crippen molar-refractivity contribution in [3.05, 3.63) is 35.4 Å². The molecule has 2 aliphatic rings. The van der Waals surface area contributed by atoms with Gasteiger partial charge in [-0.25, -0.2) is 0 Å². The lowest BCUT2D eigenvalue weighted by molar-refractivity contribution is -0.139. The van der Waals surface area contributed by atoms with Crippen LogP contribution in [-0.4, -0.2) is 42.6 Å². The molecule has 4 nitrogen and oxygen atoms in total. The van der Waals surface area contributed by atoms with E-state index in [2.05, 4.69) is 36.1 Å². The first kappa shape index (κ1) is 18.2. The Balaban J connectivity index is 0.00000192. The third-order valence-electron chi connectivity index (χ3n) is 4.99. The fourth-order valence-corrected chi connectivity index (χ4v) is 3.57. The van der Waals surface area contributed by atoms with E-state index in [-0.39, 0.29) is 18.3 Å². The molecule has 2 fully saturated rings. The fourth-order valence-electron chi connectivity index (χ4n) is 3.57. The summed E-state index contributed by atoms with van der Waals surface area (Å²) in [6.45, 7) is 2.47. The van der Waals surface area contributed by atoms with Gasteiger partial charge < -0.3 is 15.4 Å². The molecule has 0 heterocycles. The molecule has 0 radical (unpaired) electrons. The highest BCUT2D eigenvalue weighted by molar-refractivity contribution is 5.85. The Morgan fingerprint density at radius 3 is 2.52 bits per heavy atom. The van der Waals surface area contributed by atoms with Gasteiger partial charge in [0.25, 0.3) is 0 Å². The van der Waals surface area contributed by atoms with Crippen molar-refractivity contribution in [2.45, 2.75) is 56.7 Å². The Morgan fingerprint density at radius 2 is 1.96 bits per heavy atom. The van der Waals surface area contributed by atoms with Crippen molar-refractivity contribution in [1.82, 2.24) is 4.90 Å². The summed E-state index contributed by atoms with van der Waals surface area (Å²) in [5, 5.41) is 0. The zero-order valence-electron chi connectivity index (χ0n) is 13.9. The van der Waals surface area contributed by atoms with Gasteiger partial charge in [0.2, 0.25) is 5.91 Å². The number of halogens is 1. The number of ether oxygens (including phenoxy) is 1. The van der Waals surface area contributed by atoms with Crippen molar-refractivity contribution in [3.63, 3.8) is 0 Å². The van der Waals surface area contributed by atoms with Crippen molar-refractivity contribution in [1.29, 1.82) is 0 Å². The molecular weight excluding hydrogens is 312 g/mol. The maximum absolute atomic E-state index is 12.6. The molecule has 0 spiro atoms. The number of aryl methyl sites for hydroxylation is 1. The van der Waals surface area contributed by atoms with E-state index in [9.17, 15) is 4.79 Å². The van der Waals surface area contributed by atoms with E-state index in [1.807, 2.05) is 0 Å². The van der Waals surface area contributed by atoms with Crippen LogP contribution in [0, 0.1) is 6.92 Å². The molecule has 3 rings (SSSR count).